The van der Waals surface area contributed by atoms with Crippen LogP contribution in [0.15, 0.2) is 12.2 Å². The van der Waals surface area contributed by atoms with E-state index in [1.165, 1.54) is 0 Å². The fourth-order valence-corrected chi connectivity index (χ4v) is 0.293. The van der Waals surface area contributed by atoms with E-state index in [2.05, 4.69) is 13.8 Å². The number of hydrogen-bond donors (Lipinski definition) is 0. The Bertz CT molecular complexity index is 76.6. The van der Waals surface area contributed by atoms with Crippen molar-refractivity contribution in [2.45, 2.75) is 39.9 Å². The van der Waals surface area contributed by atoms with Gasteiger partial charge in [0.25, 0.3) is 0 Å². The molecule has 1 saturated heterocycles. The van der Waals surface area contributed by atoms with Crippen molar-refractivity contribution in [1.29, 1.82) is 0 Å². The maximum Gasteiger partial charge on any atom is 0.0811 e. The summed E-state index contributed by atoms with van der Waals surface area (Å²) in [7, 11) is 0. The Morgan fingerprint density at radius 1 is 1.00 bits per heavy atom. The first-order chi connectivity index (χ1) is 4.22. The molecule has 1 nitrogen and oxygen atoms in total. The quantitative estimate of drug-likeness (QED) is 0.360. The number of allylic oxidation sites excluding steroid dienone is 2. The highest BCUT2D eigenvalue weighted by Gasteiger charge is 2.27. The highest BCUT2D eigenvalue weighted by Crippen LogP contribution is 2.18. The molecular weight excluding hydrogens is 112 g/mol. The summed E-state index contributed by atoms with van der Waals surface area (Å²) in [5.74, 6) is 0. The van der Waals surface area contributed by atoms with Gasteiger partial charge in [-0.1, -0.05) is 12.2 Å². The van der Waals surface area contributed by atoms with Crippen molar-refractivity contribution in [3.63, 3.8) is 0 Å². The largest absolute Gasteiger partial charge is 0.370 e. The van der Waals surface area contributed by atoms with E-state index in [1.54, 1.807) is 0 Å². The Labute approximate surface area is 57.7 Å². The van der Waals surface area contributed by atoms with Crippen LogP contribution in [-0.4, -0.2) is 12.2 Å². The summed E-state index contributed by atoms with van der Waals surface area (Å²) >= 11 is 0. The molecule has 0 aliphatic carbocycles. The van der Waals surface area contributed by atoms with E-state index < -0.39 is 0 Å². The summed E-state index contributed by atoms with van der Waals surface area (Å²) in [6, 6.07) is 0. The van der Waals surface area contributed by atoms with Crippen LogP contribution in [0, 0.1) is 0 Å². The minimum Gasteiger partial charge on any atom is -0.370 e. The first-order valence-corrected chi connectivity index (χ1v) is 3.45. The van der Waals surface area contributed by atoms with Crippen molar-refractivity contribution in [2.75, 3.05) is 0 Å². The fourth-order valence-electron chi connectivity index (χ4n) is 0.293. The second kappa shape index (κ2) is 4.57. The third-order valence-electron chi connectivity index (χ3n) is 1.35. The molecule has 0 saturated carbocycles. The second-order valence-corrected chi connectivity index (χ2v) is 2.21. The van der Waals surface area contributed by atoms with Crippen molar-refractivity contribution >= 4 is 0 Å². The van der Waals surface area contributed by atoms with Gasteiger partial charge in [0.15, 0.2) is 0 Å². The molecule has 1 heterocycles. The van der Waals surface area contributed by atoms with Crippen LogP contribution in [0.1, 0.15) is 27.7 Å². The maximum atomic E-state index is 4.92. The van der Waals surface area contributed by atoms with Crippen LogP contribution in [-0.2, 0) is 4.74 Å². The van der Waals surface area contributed by atoms with Crippen LogP contribution in [0.25, 0.3) is 0 Å². The molecule has 1 rings (SSSR count). The lowest BCUT2D eigenvalue weighted by atomic mass is 10.4. The van der Waals surface area contributed by atoms with Crippen LogP contribution < -0.4 is 0 Å². The van der Waals surface area contributed by atoms with Crippen molar-refractivity contribution in [1.82, 2.24) is 0 Å². The van der Waals surface area contributed by atoms with Crippen molar-refractivity contribution < 1.29 is 4.74 Å². The predicted octanol–water partition coefficient (Wildman–Crippen LogP) is 2.38. The molecule has 1 aliphatic heterocycles. The van der Waals surface area contributed by atoms with Gasteiger partial charge < -0.3 is 4.74 Å². The summed E-state index contributed by atoms with van der Waals surface area (Å²) < 4.78 is 4.92. The molecular formula is C8H16O. The summed E-state index contributed by atoms with van der Waals surface area (Å²) in [4.78, 5) is 0. The molecule has 0 amide bonds. The predicted molar refractivity (Wildman–Crippen MR) is 40.5 cm³/mol. The van der Waals surface area contributed by atoms with Crippen LogP contribution >= 0.6 is 0 Å². The molecule has 2 unspecified atom stereocenters. The molecule has 0 N–H and O–H groups in total. The first kappa shape index (κ1) is 8.70. The average molecular weight is 128 g/mol. The average Bonchev–Trinajstić information content (AvgIpc) is 2.47. The first-order valence-electron chi connectivity index (χ1n) is 3.45. The third-order valence-corrected chi connectivity index (χ3v) is 1.35. The Morgan fingerprint density at radius 3 is 1.22 bits per heavy atom. The van der Waals surface area contributed by atoms with E-state index >= 15 is 0 Å². The SMILES string of the molecule is C/C=C\C.CC1OC1C. The molecule has 0 spiro atoms. The molecule has 0 bridgehead atoms. The zero-order chi connectivity index (χ0) is 7.28. The van der Waals surface area contributed by atoms with Gasteiger partial charge in [0, 0.05) is 0 Å². The summed E-state index contributed by atoms with van der Waals surface area (Å²) in [5, 5.41) is 0. The van der Waals surface area contributed by atoms with Gasteiger partial charge in [-0.05, 0) is 27.7 Å². The molecule has 0 radical (unpaired) electrons. The molecule has 9 heavy (non-hydrogen) atoms. The van der Waals surface area contributed by atoms with Crippen LogP contribution in [0.5, 0.6) is 0 Å². The zero-order valence-corrected chi connectivity index (χ0v) is 6.72. The fraction of sp³-hybridized carbons (Fsp3) is 0.750. The highest BCUT2D eigenvalue weighted by atomic mass is 16.6. The van der Waals surface area contributed by atoms with Gasteiger partial charge in [0.2, 0.25) is 0 Å². The lowest BCUT2D eigenvalue weighted by Crippen LogP contribution is -1.74. The van der Waals surface area contributed by atoms with E-state index in [0.717, 1.165) is 0 Å². The van der Waals surface area contributed by atoms with Crippen LogP contribution in [0.2, 0.25) is 0 Å². The van der Waals surface area contributed by atoms with Gasteiger partial charge in [0.1, 0.15) is 0 Å². The lowest BCUT2D eigenvalue weighted by molar-refractivity contribution is 0.389. The molecule has 0 aromatic rings. The number of epoxide rings is 1. The Kier molecular flexibility index (Phi) is 4.41. The van der Waals surface area contributed by atoms with E-state index in [0.29, 0.717) is 12.2 Å². The van der Waals surface area contributed by atoms with Gasteiger partial charge in [0.05, 0.1) is 12.2 Å². The minimum absolute atomic E-state index is 0.551. The minimum atomic E-state index is 0.551. The van der Waals surface area contributed by atoms with Crippen molar-refractivity contribution in [2.24, 2.45) is 0 Å². The lowest BCUT2D eigenvalue weighted by Gasteiger charge is -1.57. The van der Waals surface area contributed by atoms with Gasteiger partial charge in [-0.25, -0.2) is 0 Å². The number of ether oxygens (including phenoxy) is 1. The molecule has 54 valence electrons. The molecule has 2 atom stereocenters. The Hall–Kier alpha value is -0.300. The third kappa shape index (κ3) is 5.57. The number of hydrogen-bond acceptors (Lipinski definition) is 1. The van der Waals surface area contributed by atoms with Crippen LogP contribution in [0.3, 0.4) is 0 Å². The Balaban J connectivity index is 0.000000148. The molecule has 1 heteroatoms. The molecule has 0 aromatic carbocycles. The van der Waals surface area contributed by atoms with Gasteiger partial charge in [-0.15, -0.1) is 0 Å². The van der Waals surface area contributed by atoms with E-state index in [4.69, 9.17) is 4.74 Å². The Morgan fingerprint density at radius 2 is 1.22 bits per heavy atom. The highest BCUT2D eigenvalue weighted by molar-refractivity contribution is 4.73. The van der Waals surface area contributed by atoms with Gasteiger partial charge in [-0.3, -0.25) is 0 Å². The van der Waals surface area contributed by atoms with Gasteiger partial charge >= 0.3 is 0 Å². The van der Waals surface area contributed by atoms with Crippen molar-refractivity contribution in [3.05, 3.63) is 12.2 Å². The normalized spacial score (nSPS) is 31.6. The van der Waals surface area contributed by atoms with Gasteiger partial charge in [-0.2, -0.15) is 0 Å². The molecule has 0 aromatic heterocycles. The zero-order valence-electron chi connectivity index (χ0n) is 6.72. The maximum absolute atomic E-state index is 4.92. The standard InChI is InChI=1S/C4H8O.C4H8/c1-3-4(2)5-3;1-3-4-2/h3-4H,1-2H3;3-4H,1-2H3/b;4-3-. The molecule has 1 aliphatic rings. The topological polar surface area (TPSA) is 12.5 Å². The monoisotopic (exact) mass is 128 g/mol. The van der Waals surface area contributed by atoms with Crippen LogP contribution in [0.4, 0.5) is 0 Å². The second-order valence-electron chi connectivity index (χ2n) is 2.21. The van der Waals surface area contributed by atoms with E-state index in [1.807, 2.05) is 26.0 Å². The summed E-state index contributed by atoms with van der Waals surface area (Å²) in [5.41, 5.74) is 0. The molecule has 1 fully saturated rings. The van der Waals surface area contributed by atoms with Crippen molar-refractivity contribution in [3.8, 4) is 0 Å². The van der Waals surface area contributed by atoms with E-state index in [9.17, 15) is 0 Å². The smallest absolute Gasteiger partial charge is 0.0811 e. The summed E-state index contributed by atoms with van der Waals surface area (Å²) in [6.07, 6.45) is 5.10. The van der Waals surface area contributed by atoms with E-state index in [-0.39, 0.29) is 0 Å². The summed E-state index contributed by atoms with van der Waals surface area (Å²) in [6.45, 7) is 8.15. The number of rotatable bonds is 0.